The molecule has 0 bridgehead atoms. The van der Waals surface area contributed by atoms with E-state index in [1.807, 2.05) is 11.0 Å². The average molecular weight is 425 g/mol. The molecule has 2 amide bonds. The van der Waals surface area contributed by atoms with Gasteiger partial charge in [0.2, 0.25) is 0 Å². The molecule has 0 aromatic heterocycles. The molecule has 3 N–H and O–H groups in total. The Morgan fingerprint density at radius 2 is 2.00 bits per heavy atom. The summed E-state index contributed by atoms with van der Waals surface area (Å²) in [7, 11) is 0. The molecule has 1 atom stereocenters. The van der Waals surface area contributed by atoms with Crippen molar-refractivity contribution in [1.29, 1.82) is 5.26 Å². The minimum atomic E-state index is -0.153. The van der Waals surface area contributed by atoms with Crippen molar-refractivity contribution in [3.8, 4) is 6.07 Å². The van der Waals surface area contributed by atoms with Crippen LogP contribution in [0.2, 0.25) is 5.02 Å². The van der Waals surface area contributed by atoms with E-state index in [4.69, 9.17) is 22.6 Å². The Hall–Kier alpha value is -3.24. The normalized spacial score (nSPS) is 17.0. The van der Waals surface area contributed by atoms with Crippen LogP contribution in [0, 0.1) is 17.2 Å². The summed E-state index contributed by atoms with van der Waals surface area (Å²) in [4.78, 5) is 21.1. The SMILES string of the molecule is CC(C)C1CN(C(=O)Nc2ccc(Cl)cc2)CCN1C(N)=Nc1cccc(C#N)c1. The Kier molecular flexibility index (Phi) is 6.80. The lowest BCUT2D eigenvalue weighted by Gasteiger charge is -2.43. The van der Waals surface area contributed by atoms with E-state index in [0.29, 0.717) is 47.6 Å². The Bertz CT molecular complexity index is 966. The molecule has 0 aliphatic carbocycles. The molecule has 0 spiro atoms. The molecule has 7 nitrogen and oxygen atoms in total. The highest BCUT2D eigenvalue weighted by Gasteiger charge is 2.32. The summed E-state index contributed by atoms with van der Waals surface area (Å²) in [5.41, 5.74) is 8.19. The molecule has 0 saturated carbocycles. The van der Waals surface area contributed by atoms with Crippen LogP contribution in [0.5, 0.6) is 0 Å². The van der Waals surface area contributed by atoms with Crippen molar-refractivity contribution < 1.29 is 4.79 Å². The van der Waals surface area contributed by atoms with Gasteiger partial charge >= 0.3 is 6.03 Å². The van der Waals surface area contributed by atoms with Gasteiger partial charge in [-0.15, -0.1) is 0 Å². The molecule has 1 fully saturated rings. The van der Waals surface area contributed by atoms with Gasteiger partial charge in [-0.2, -0.15) is 5.26 Å². The third kappa shape index (κ3) is 5.22. The second-order valence-electron chi connectivity index (χ2n) is 7.52. The second kappa shape index (κ2) is 9.51. The fourth-order valence-corrected chi connectivity index (χ4v) is 3.55. The second-order valence-corrected chi connectivity index (χ2v) is 7.96. The molecule has 1 heterocycles. The van der Waals surface area contributed by atoms with Crippen LogP contribution in [0.4, 0.5) is 16.2 Å². The van der Waals surface area contributed by atoms with Crippen LogP contribution in [0.15, 0.2) is 53.5 Å². The highest BCUT2D eigenvalue weighted by molar-refractivity contribution is 6.30. The number of hydrogen-bond donors (Lipinski definition) is 2. The molecule has 2 aromatic carbocycles. The smallest absolute Gasteiger partial charge is 0.321 e. The van der Waals surface area contributed by atoms with E-state index >= 15 is 0 Å². The summed E-state index contributed by atoms with van der Waals surface area (Å²) in [6, 6.07) is 16.0. The predicted octanol–water partition coefficient (Wildman–Crippen LogP) is 4.03. The van der Waals surface area contributed by atoms with Crippen LogP contribution >= 0.6 is 11.6 Å². The zero-order chi connectivity index (χ0) is 21.7. The molecule has 3 rings (SSSR count). The van der Waals surface area contributed by atoms with Crippen LogP contribution in [0.1, 0.15) is 19.4 Å². The first-order valence-electron chi connectivity index (χ1n) is 9.80. The van der Waals surface area contributed by atoms with E-state index in [1.165, 1.54) is 0 Å². The summed E-state index contributed by atoms with van der Waals surface area (Å²) >= 11 is 5.90. The molecule has 1 saturated heterocycles. The Morgan fingerprint density at radius 1 is 1.27 bits per heavy atom. The van der Waals surface area contributed by atoms with Gasteiger partial charge in [0.25, 0.3) is 0 Å². The van der Waals surface area contributed by atoms with Gasteiger partial charge in [-0.3, -0.25) is 0 Å². The number of guanidine groups is 1. The highest BCUT2D eigenvalue weighted by atomic mass is 35.5. The Morgan fingerprint density at radius 3 is 2.67 bits per heavy atom. The lowest BCUT2D eigenvalue weighted by molar-refractivity contribution is 0.119. The van der Waals surface area contributed by atoms with E-state index < -0.39 is 0 Å². The molecular weight excluding hydrogens is 400 g/mol. The predicted molar refractivity (Wildman–Crippen MR) is 120 cm³/mol. The zero-order valence-corrected chi connectivity index (χ0v) is 17.8. The standard InChI is InChI=1S/C22H25ClN6O/c1-15(2)20-14-28(22(30)27-18-8-6-17(23)7-9-18)10-11-29(20)21(25)26-19-5-3-4-16(12-19)13-24/h3-9,12,15,20H,10-11,14H2,1-2H3,(H2,25,26)(H,27,30). The van der Waals surface area contributed by atoms with Crippen molar-refractivity contribution in [2.75, 3.05) is 25.0 Å². The molecule has 0 radical (unpaired) electrons. The van der Waals surface area contributed by atoms with E-state index in [-0.39, 0.29) is 18.0 Å². The summed E-state index contributed by atoms with van der Waals surface area (Å²) in [5.74, 6) is 0.650. The largest absolute Gasteiger partial charge is 0.369 e. The van der Waals surface area contributed by atoms with Crippen molar-refractivity contribution in [2.45, 2.75) is 19.9 Å². The lowest BCUT2D eigenvalue weighted by atomic mass is 10.00. The molecule has 1 aliphatic rings. The topological polar surface area (TPSA) is 97.8 Å². The number of amides is 2. The van der Waals surface area contributed by atoms with Crippen LogP contribution in [-0.2, 0) is 0 Å². The fourth-order valence-electron chi connectivity index (χ4n) is 3.43. The number of benzene rings is 2. The monoisotopic (exact) mass is 424 g/mol. The number of urea groups is 1. The fraction of sp³-hybridized carbons (Fsp3) is 0.318. The van der Waals surface area contributed by atoms with E-state index in [2.05, 4.69) is 30.2 Å². The number of carbonyl (C=O) groups is 1. The van der Waals surface area contributed by atoms with Crippen molar-refractivity contribution >= 4 is 35.0 Å². The number of carbonyl (C=O) groups excluding carboxylic acids is 1. The van der Waals surface area contributed by atoms with Gasteiger partial charge in [0, 0.05) is 30.3 Å². The summed E-state index contributed by atoms with van der Waals surface area (Å²) < 4.78 is 0. The summed E-state index contributed by atoms with van der Waals surface area (Å²) in [6.45, 7) is 5.83. The number of nitrogens with one attached hydrogen (secondary N) is 1. The first-order valence-corrected chi connectivity index (χ1v) is 10.2. The molecule has 156 valence electrons. The van der Waals surface area contributed by atoms with E-state index in [1.54, 1.807) is 47.4 Å². The molecule has 1 aliphatic heterocycles. The van der Waals surface area contributed by atoms with Gasteiger partial charge in [-0.05, 0) is 48.4 Å². The number of nitriles is 1. The minimum absolute atomic E-state index is 0.0256. The number of nitrogens with two attached hydrogens (primary N) is 1. The molecule has 2 aromatic rings. The van der Waals surface area contributed by atoms with E-state index in [9.17, 15) is 4.79 Å². The first-order chi connectivity index (χ1) is 14.4. The van der Waals surface area contributed by atoms with E-state index in [0.717, 1.165) is 0 Å². The maximum absolute atomic E-state index is 12.7. The summed E-state index contributed by atoms with van der Waals surface area (Å²) in [5, 5.41) is 12.6. The van der Waals surface area contributed by atoms with Crippen LogP contribution in [0.3, 0.4) is 0 Å². The average Bonchev–Trinajstić information content (AvgIpc) is 2.75. The quantitative estimate of drug-likeness (QED) is 0.574. The molecular formula is C22H25ClN6O. The first kappa shape index (κ1) is 21.5. The van der Waals surface area contributed by atoms with Gasteiger partial charge in [-0.1, -0.05) is 31.5 Å². The van der Waals surface area contributed by atoms with Gasteiger partial charge < -0.3 is 20.9 Å². The Labute approximate surface area is 181 Å². The Balaban J connectivity index is 1.71. The van der Waals surface area contributed by atoms with Gasteiger partial charge in [0.15, 0.2) is 5.96 Å². The number of anilines is 1. The molecule has 8 heteroatoms. The number of nitrogens with zero attached hydrogens (tertiary/aromatic N) is 4. The summed E-state index contributed by atoms with van der Waals surface area (Å²) in [6.07, 6.45) is 0. The number of hydrogen-bond acceptors (Lipinski definition) is 3. The lowest BCUT2D eigenvalue weighted by Crippen LogP contribution is -2.60. The van der Waals surface area contributed by atoms with Gasteiger partial charge in [0.05, 0.1) is 23.4 Å². The molecule has 1 unspecified atom stereocenters. The maximum Gasteiger partial charge on any atom is 0.321 e. The highest BCUT2D eigenvalue weighted by Crippen LogP contribution is 2.21. The van der Waals surface area contributed by atoms with Crippen molar-refractivity contribution in [1.82, 2.24) is 9.80 Å². The third-order valence-electron chi connectivity index (χ3n) is 5.08. The van der Waals surface area contributed by atoms with Crippen LogP contribution in [0.25, 0.3) is 0 Å². The number of rotatable bonds is 3. The molecule has 30 heavy (non-hydrogen) atoms. The minimum Gasteiger partial charge on any atom is -0.369 e. The third-order valence-corrected chi connectivity index (χ3v) is 5.34. The number of halogens is 1. The number of aliphatic imine (C=N–C) groups is 1. The van der Waals surface area contributed by atoms with Gasteiger partial charge in [-0.25, -0.2) is 9.79 Å². The number of piperazine rings is 1. The van der Waals surface area contributed by atoms with Crippen LogP contribution in [-0.4, -0.2) is 47.5 Å². The van der Waals surface area contributed by atoms with Crippen molar-refractivity contribution in [2.24, 2.45) is 16.6 Å². The maximum atomic E-state index is 12.7. The van der Waals surface area contributed by atoms with Crippen molar-refractivity contribution in [3.05, 3.63) is 59.1 Å². The van der Waals surface area contributed by atoms with Crippen LogP contribution < -0.4 is 11.1 Å². The van der Waals surface area contributed by atoms with Crippen molar-refractivity contribution in [3.63, 3.8) is 0 Å². The zero-order valence-electron chi connectivity index (χ0n) is 17.0. The van der Waals surface area contributed by atoms with Gasteiger partial charge in [0.1, 0.15) is 0 Å².